The normalized spacial score (nSPS) is 31.3. The quantitative estimate of drug-likeness (QED) is 0.591. The zero-order valence-corrected chi connectivity index (χ0v) is 16.1. The van der Waals surface area contributed by atoms with Gasteiger partial charge in [0.25, 0.3) is 0 Å². The van der Waals surface area contributed by atoms with Crippen LogP contribution in [0.4, 0.5) is 0 Å². The van der Waals surface area contributed by atoms with Crippen molar-refractivity contribution >= 4 is 23.8 Å². The van der Waals surface area contributed by atoms with E-state index in [9.17, 15) is 29.4 Å². The van der Waals surface area contributed by atoms with Crippen molar-refractivity contribution < 1.29 is 29.4 Å². The maximum absolute atomic E-state index is 12.8. The highest BCUT2D eigenvalue weighted by atomic mass is 16.4. The van der Waals surface area contributed by atoms with Gasteiger partial charge in [0.05, 0.1) is 0 Å². The lowest BCUT2D eigenvalue weighted by atomic mass is 9.78. The van der Waals surface area contributed by atoms with Crippen LogP contribution < -0.4 is 10.2 Å². The van der Waals surface area contributed by atoms with E-state index in [1.54, 1.807) is 9.80 Å². The Labute approximate surface area is 164 Å². The topological polar surface area (TPSA) is 121 Å². The summed E-state index contributed by atoms with van der Waals surface area (Å²) in [6.45, 7) is 1.40. The lowest BCUT2D eigenvalue weighted by Crippen LogP contribution is -2.56. The molecule has 8 heteroatoms. The van der Waals surface area contributed by atoms with Gasteiger partial charge in [-0.3, -0.25) is 9.59 Å². The minimum atomic E-state index is -1.16. The zero-order chi connectivity index (χ0) is 20.3. The number of amides is 2. The van der Waals surface area contributed by atoms with Crippen LogP contribution in [-0.4, -0.2) is 59.7 Å². The van der Waals surface area contributed by atoms with Crippen molar-refractivity contribution in [2.45, 2.75) is 51.4 Å². The molecule has 0 spiro atoms. The average Bonchev–Trinajstić information content (AvgIpc) is 2.72. The summed E-state index contributed by atoms with van der Waals surface area (Å²) >= 11 is 0. The third-order valence-corrected chi connectivity index (χ3v) is 6.67. The number of carbonyl (C=O) groups is 4. The summed E-state index contributed by atoms with van der Waals surface area (Å²) < 4.78 is 0. The number of hydrogen-bond acceptors (Lipinski definition) is 6. The van der Waals surface area contributed by atoms with E-state index in [2.05, 4.69) is 0 Å². The van der Waals surface area contributed by atoms with Gasteiger partial charge in [0, 0.05) is 61.8 Å². The van der Waals surface area contributed by atoms with Crippen LogP contribution in [0.2, 0.25) is 0 Å². The molecule has 0 aromatic heterocycles. The molecule has 4 atom stereocenters. The van der Waals surface area contributed by atoms with Gasteiger partial charge in [0.15, 0.2) is 0 Å². The van der Waals surface area contributed by atoms with Crippen LogP contribution in [0.25, 0.3) is 0 Å². The summed E-state index contributed by atoms with van der Waals surface area (Å²) in [5.41, 5.74) is 0. The predicted molar refractivity (Wildman–Crippen MR) is 94.1 cm³/mol. The van der Waals surface area contributed by atoms with Crippen molar-refractivity contribution in [1.82, 2.24) is 9.80 Å². The first-order chi connectivity index (χ1) is 13.4. The van der Waals surface area contributed by atoms with Crippen molar-refractivity contribution in [2.24, 2.45) is 23.7 Å². The molecular formula is C20H28N2O6-2. The molecule has 1 aliphatic heterocycles. The fraction of sp³-hybridized carbons (Fsp3) is 0.800. The van der Waals surface area contributed by atoms with E-state index in [1.165, 1.54) is 0 Å². The SMILES string of the molecule is O=C([O-])[C@@H]1CCCC[C@@H]1C(=O)N1CCN(C(=O)[C@H]2CCCC[C@H]2C(=O)[O-])CC1. The second-order valence-corrected chi connectivity index (χ2v) is 8.28. The largest absolute Gasteiger partial charge is 0.550 e. The van der Waals surface area contributed by atoms with E-state index in [0.29, 0.717) is 51.9 Å². The molecule has 0 bridgehead atoms. The molecule has 0 N–H and O–H groups in total. The van der Waals surface area contributed by atoms with E-state index in [-0.39, 0.29) is 11.8 Å². The molecule has 1 heterocycles. The van der Waals surface area contributed by atoms with E-state index < -0.39 is 35.6 Å². The molecule has 2 aliphatic carbocycles. The minimum absolute atomic E-state index is 0.161. The Morgan fingerprint density at radius 3 is 1.11 bits per heavy atom. The Balaban J connectivity index is 1.57. The zero-order valence-electron chi connectivity index (χ0n) is 16.1. The molecule has 28 heavy (non-hydrogen) atoms. The molecule has 156 valence electrons. The maximum atomic E-state index is 12.8. The van der Waals surface area contributed by atoms with E-state index in [4.69, 9.17) is 0 Å². The van der Waals surface area contributed by atoms with E-state index in [0.717, 1.165) is 25.7 Å². The van der Waals surface area contributed by atoms with Crippen molar-refractivity contribution in [3.05, 3.63) is 0 Å². The molecule has 3 aliphatic rings. The summed E-state index contributed by atoms with van der Waals surface area (Å²) in [7, 11) is 0. The number of piperazine rings is 1. The molecule has 0 radical (unpaired) electrons. The van der Waals surface area contributed by atoms with Gasteiger partial charge in [0.2, 0.25) is 11.8 Å². The molecule has 8 nitrogen and oxygen atoms in total. The third kappa shape index (κ3) is 4.31. The fourth-order valence-electron chi connectivity index (χ4n) is 5.03. The van der Waals surface area contributed by atoms with Crippen LogP contribution >= 0.6 is 0 Å². The molecular weight excluding hydrogens is 364 g/mol. The van der Waals surface area contributed by atoms with E-state index >= 15 is 0 Å². The molecule has 3 rings (SSSR count). The monoisotopic (exact) mass is 392 g/mol. The van der Waals surface area contributed by atoms with Crippen molar-refractivity contribution in [3.63, 3.8) is 0 Å². The van der Waals surface area contributed by atoms with Crippen LogP contribution in [0.15, 0.2) is 0 Å². The first-order valence-electron chi connectivity index (χ1n) is 10.4. The highest BCUT2D eigenvalue weighted by Crippen LogP contribution is 2.33. The van der Waals surface area contributed by atoms with Crippen molar-refractivity contribution in [2.75, 3.05) is 26.2 Å². The van der Waals surface area contributed by atoms with E-state index in [1.807, 2.05) is 0 Å². The number of carboxylic acids is 2. The molecule has 3 fully saturated rings. The second kappa shape index (κ2) is 8.92. The third-order valence-electron chi connectivity index (χ3n) is 6.67. The Bertz CT molecular complexity index is 574. The molecule has 0 aromatic carbocycles. The number of hydrogen-bond donors (Lipinski definition) is 0. The average molecular weight is 392 g/mol. The van der Waals surface area contributed by atoms with Gasteiger partial charge in [-0.15, -0.1) is 0 Å². The first-order valence-corrected chi connectivity index (χ1v) is 10.4. The van der Waals surface area contributed by atoms with Gasteiger partial charge < -0.3 is 29.6 Å². The predicted octanol–water partition coefficient (Wildman–Crippen LogP) is -1.23. The van der Waals surface area contributed by atoms with Crippen molar-refractivity contribution in [1.29, 1.82) is 0 Å². The minimum Gasteiger partial charge on any atom is -0.550 e. The lowest BCUT2D eigenvalue weighted by Gasteiger charge is -2.41. The van der Waals surface area contributed by atoms with Gasteiger partial charge in [-0.2, -0.15) is 0 Å². The maximum Gasteiger partial charge on any atom is 0.226 e. The summed E-state index contributed by atoms with van der Waals surface area (Å²) in [6.07, 6.45) is 5.35. The summed E-state index contributed by atoms with van der Waals surface area (Å²) in [6, 6.07) is 0. The molecule has 1 saturated heterocycles. The highest BCUT2D eigenvalue weighted by Gasteiger charge is 2.38. The Kier molecular flexibility index (Phi) is 6.57. The number of rotatable bonds is 4. The summed E-state index contributed by atoms with van der Waals surface area (Å²) in [5.74, 6) is -5.17. The van der Waals surface area contributed by atoms with Crippen LogP contribution in [0.3, 0.4) is 0 Å². The van der Waals surface area contributed by atoms with Crippen LogP contribution in [0.1, 0.15) is 51.4 Å². The smallest absolute Gasteiger partial charge is 0.226 e. The Morgan fingerprint density at radius 1 is 0.536 bits per heavy atom. The van der Waals surface area contributed by atoms with Crippen LogP contribution in [-0.2, 0) is 19.2 Å². The lowest BCUT2D eigenvalue weighted by molar-refractivity contribution is -0.315. The number of carboxylic acid groups (broad SMARTS) is 2. The molecule has 2 saturated carbocycles. The summed E-state index contributed by atoms with van der Waals surface area (Å²) in [4.78, 5) is 51.7. The number of aliphatic carboxylic acids is 2. The fourth-order valence-corrected chi connectivity index (χ4v) is 5.03. The van der Waals surface area contributed by atoms with Gasteiger partial charge in [-0.1, -0.05) is 25.7 Å². The number of carbonyl (C=O) groups excluding carboxylic acids is 4. The van der Waals surface area contributed by atoms with Crippen molar-refractivity contribution in [3.8, 4) is 0 Å². The molecule has 0 unspecified atom stereocenters. The van der Waals surface area contributed by atoms with Crippen LogP contribution in [0.5, 0.6) is 0 Å². The van der Waals surface area contributed by atoms with Gasteiger partial charge in [-0.05, 0) is 25.7 Å². The summed E-state index contributed by atoms with van der Waals surface area (Å²) in [5, 5.41) is 22.7. The standard InChI is InChI=1S/C20H30N2O6/c23-17(13-5-1-3-7-15(13)19(25)26)21-9-11-22(12-10-21)18(24)14-6-2-4-8-16(14)20(27)28/h13-16H,1-12H2,(H,25,26)(H,27,28)/p-2/t13-,14-,15+,16+/m0/s1. The Morgan fingerprint density at radius 2 is 0.821 bits per heavy atom. The number of nitrogens with zero attached hydrogens (tertiary/aromatic N) is 2. The molecule has 0 aromatic rings. The second-order valence-electron chi connectivity index (χ2n) is 8.28. The molecule has 2 amide bonds. The Hall–Kier alpha value is -2.12. The first kappa shape index (κ1) is 20.6. The highest BCUT2D eigenvalue weighted by molar-refractivity contribution is 5.86. The van der Waals surface area contributed by atoms with Gasteiger partial charge in [-0.25, -0.2) is 0 Å². The van der Waals surface area contributed by atoms with Gasteiger partial charge >= 0.3 is 0 Å². The van der Waals surface area contributed by atoms with Gasteiger partial charge in [0.1, 0.15) is 0 Å². The van der Waals surface area contributed by atoms with Crippen LogP contribution in [0, 0.1) is 23.7 Å².